The maximum Gasteiger partial charge on any atom is 0.240 e. The molecular formula is C13H16BrCl2NO2S. The van der Waals surface area contributed by atoms with Crippen LogP contribution in [0.5, 0.6) is 0 Å². The molecule has 112 valence electrons. The van der Waals surface area contributed by atoms with Crippen molar-refractivity contribution in [3.05, 3.63) is 28.2 Å². The van der Waals surface area contributed by atoms with E-state index in [1.165, 1.54) is 24.6 Å². The highest BCUT2D eigenvalue weighted by atomic mass is 79.9. The van der Waals surface area contributed by atoms with Crippen LogP contribution in [0.4, 0.5) is 0 Å². The number of alkyl halides is 1. The summed E-state index contributed by atoms with van der Waals surface area (Å²) in [5, 5.41) is 0.628. The monoisotopic (exact) mass is 399 g/mol. The maximum atomic E-state index is 12.2. The highest BCUT2D eigenvalue weighted by Gasteiger charge is 2.25. The largest absolute Gasteiger partial charge is 0.240 e. The van der Waals surface area contributed by atoms with Crippen LogP contribution in [0.3, 0.4) is 0 Å². The standard InChI is InChI=1S/C13H16BrCl2NO2S/c14-13-4-2-1-3-9(13)8-17-20(18,19)12-6-10(15)5-11(16)7-12/h5-7,9,13,17H,1-4,8H2. The zero-order valence-electron chi connectivity index (χ0n) is 10.8. The number of rotatable bonds is 4. The Labute approximate surface area is 138 Å². The van der Waals surface area contributed by atoms with Crippen molar-refractivity contribution in [2.75, 3.05) is 6.54 Å². The fourth-order valence-electron chi connectivity index (χ4n) is 2.38. The molecule has 2 rings (SSSR count). The second-order valence-corrected chi connectivity index (χ2v) is 8.83. The third-order valence-electron chi connectivity index (χ3n) is 3.50. The van der Waals surface area contributed by atoms with Crippen LogP contribution in [0, 0.1) is 5.92 Å². The van der Waals surface area contributed by atoms with E-state index in [0.29, 0.717) is 27.3 Å². The van der Waals surface area contributed by atoms with Crippen molar-refractivity contribution >= 4 is 49.2 Å². The topological polar surface area (TPSA) is 46.2 Å². The minimum Gasteiger partial charge on any atom is -0.211 e. The predicted octanol–water partition coefficient (Wildman–Crippen LogP) is 4.23. The molecule has 1 saturated carbocycles. The van der Waals surface area contributed by atoms with Gasteiger partial charge in [0.05, 0.1) is 4.90 Å². The molecule has 2 unspecified atom stereocenters. The summed E-state index contributed by atoms with van der Waals surface area (Å²) in [6.45, 7) is 0.433. The Kier molecular flexibility index (Phi) is 5.77. The molecule has 0 bridgehead atoms. The van der Waals surface area contributed by atoms with Crippen molar-refractivity contribution in [2.24, 2.45) is 5.92 Å². The molecule has 1 aliphatic rings. The summed E-state index contributed by atoms with van der Waals surface area (Å²) in [6, 6.07) is 4.32. The van der Waals surface area contributed by atoms with Crippen molar-refractivity contribution in [1.29, 1.82) is 0 Å². The first-order chi connectivity index (χ1) is 9.38. The number of nitrogens with one attached hydrogen (secondary N) is 1. The number of benzene rings is 1. The average Bonchev–Trinajstić information content (AvgIpc) is 2.37. The zero-order valence-corrected chi connectivity index (χ0v) is 14.7. The SMILES string of the molecule is O=S(=O)(NCC1CCCCC1Br)c1cc(Cl)cc(Cl)c1. The highest BCUT2D eigenvalue weighted by Crippen LogP contribution is 2.30. The zero-order chi connectivity index (χ0) is 14.8. The smallest absolute Gasteiger partial charge is 0.211 e. The van der Waals surface area contributed by atoms with Crippen molar-refractivity contribution in [3.63, 3.8) is 0 Å². The summed E-state index contributed by atoms with van der Waals surface area (Å²) in [5.74, 6) is 0.327. The van der Waals surface area contributed by atoms with Crippen LogP contribution in [-0.4, -0.2) is 19.8 Å². The lowest BCUT2D eigenvalue weighted by Crippen LogP contribution is -2.34. The molecule has 0 heterocycles. The van der Waals surface area contributed by atoms with Crippen LogP contribution >= 0.6 is 39.1 Å². The number of sulfonamides is 1. The van der Waals surface area contributed by atoms with Gasteiger partial charge in [-0.1, -0.05) is 52.0 Å². The first kappa shape index (κ1) is 16.6. The van der Waals surface area contributed by atoms with E-state index in [1.807, 2.05) is 0 Å². The lowest BCUT2D eigenvalue weighted by atomic mass is 9.89. The molecule has 2 atom stereocenters. The van der Waals surface area contributed by atoms with Crippen molar-refractivity contribution in [2.45, 2.75) is 35.4 Å². The fraction of sp³-hybridized carbons (Fsp3) is 0.538. The van der Waals surface area contributed by atoms with Crippen LogP contribution in [0.1, 0.15) is 25.7 Å². The van der Waals surface area contributed by atoms with Crippen molar-refractivity contribution in [1.82, 2.24) is 4.72 Å². The van der Waals surface area contributed by atoms with Gasteiger partial charge in [0.2, 0.25) is 10.0 Å². The predicted molar refractivity (Wildman–Crippen MR) is 86.3 cm³/mol. The Morgan fingerprint density at radius 3 is 2.35 bits per heavy atom. The van der Waals surface area contributed by atoms with Gasteiger partial charge in [-0.05, 0) is 37.0 Å². The van der Waals surface area contributed by atoms with E-state index in [4.69, 9.17) is 23.2 Å². The molecule has 1 fully saturated rings. The van der Waals surface area contributed by atoms with Gasteiger partial charge in [0, 0.05) is 21.4 Å². The molecule has 0 radical (unpaired) electrons. The van der Waals surface area contributed by atoms with Gasteiger partial charge in [0.1, 0.15) is 0 Å². The van der Waals surface area contributed by atoms with Gasteiger partial charge in [0.15, 0.2) is 0 Å². The van der Waals surface area contributed by atoms with Gasteiger partial charge in [-0.25, -0.2) is 13.1 Å². The van der Waals surface area contributed by atoms with Crippen LogP contribution in [0.2, 0.25) is 10.0 Å². The quantitative estimate of drug-likeness (QED) is 0.768. The summed E-state index contributed by atoms with van der Waals surface area (Å²) < 4.78 is 27.1. The first-order valence-corrected chi connectivity index (χ1v) is 9.64. The number of hydrogen-bond donors (Lipinski definition) is 1. The minimum atomic E-state index is -3.57. The molecule has 7 heteroatoms. The first-order valence-electron chi connectivity index (χ1n) is 6.48. The van der Waals surface area contributed by atoms with E-state index >= 15 is 0 Å². The highest BCUT2D eigenvalue weighted by molar-refractivity contribution is 9.09. The molecule has 1 aromatic rings. The molecule has 0 saturated heterocycles. The van der Waals surface area contributed by atoms with E-state index in [9.17, 15) is 8.42 Å². The maximum absolute atomic E-state index is 12.2. The summed E-state index contributed by atoms with van der Waals surface area (Å²) in [7, 11) is -3.57. The molecule has 20 heavy (non-hydrogen) atoms. The molecule has 0 amide bonds. The van der Waals surface area contributed by atoms with E-state index in [-0.39, 0.29) is 4.90 Å². The lowest BCUT2D eigenvalue weighted by Gasteiger charge is -2.27. The molecule has 0 aliphatic heterocycles. The van der Waals surface area contributed by atoms with E-state index in [1.54, 1.807) is 0 Å². The summed E-state index contributed by atoms with van der Waals surface area (Å²) >= 11 is 15.3. The second-order valence-electron chi connectivity index (χ2n) is 5.02. The second kappa shape index (κ2) is 6.97. The van der Waals surface area contributed by atoms with E-state index in [2.05, 4.69) is 20.7 Å². The van der Waals surface area contributed by atoms with Gasteiger partial charge < -0.3 is 0 Å². The third-order valence-corrected chi connectivity index (χ3v) is 6.54. The molecule has 1 aliphatic carbocycles. The Morgan fingerprint density at radius 1 is 1.15 bits per heavy atom. The Hall–Kier alpha value is 0.190. The number of hydrogen-bond acceptors (Lipinski definition) is 2. The van der Waals surface area contributed by atoms with Crippen LogP contribution < -0.4 is 4.72 Å². The van der Waals surface area contributed by atoms with Gasteiger partial charge in [-0.15, -0.1) is 0 Å². The average molecular weight is 401 g/mol. The summed E-state index contributed by atoms with van der Waals surface area (Å²) in [6.07, 6.45) is 4.48. The Bertz CT molecular complexity index is 559. The molecule has 0 spiro atoms. The molecule has 1 N–H and O–H groups in total. The summed E-state index contributed by atoms with van der Waals surface area (Å²) in [4.78, 5) is 0.485. The molecular weight excluding hydrogens is 385 g/mol. The third kappa shape index (κ3) is 4.34. The van der Waals surface area contributed by atoms with Gasteiger partial charge in [-0.3, -0.25) is 0 Å². The van der Waals surface area contributed by atoms with Crippen molar-refractivity contribution < 1.29 is 8.42 Å². The number of halogens is 3. The Morgan fingerprint density at radius 2 is 1.75 bits per heavy atom. The fourth-order valence-corrected chi connectivity index (χ4v) is 4.97. The Balaban J connectivity index is 2.07. The molecule has 1 aromatic carbocycles. The summed E-state index contributed by atoms with van der Waals surface area (Å²) in [5.41, 5.74) is 0. The van der Waals surface area contributed by atoms with Crippen LogP contribution in [0.25, 0.3) is 0 Å². The molecule has 3 nitrogen and oxygen atoms in total. The van der Waals surface area contributed by atoms with E-state index < -0.39 is 10.0 Å². The normalized spacial score (nSPS) is 23.8. The van der Waals surface area contributed by atoms with Gasteiger partial charge in [0.25, 0.3) is 0 Å². The lowest BCUT2D eigenvalue weighted by molar-refractivity contribution is 0.373. The van der Waals surface area contributed by atoms with E-state index in [0.717, 1.165) is 19.3 Å². The minimum absolute atomic E-state index is 0.108. The van der Waals surface area contributed by atoms with Crippen LogP contribution in [-0.2, 0) is 10.0 Å². The van der Waals surface area contributed by atoms with Gasteiger partial charge >= 0.3 is 0 Å². The van der Waals surface area contributed by atoms with Gasteiger partial charge in [-0.2, -0.15) is 0 Å². The molecule has 0 aromatic heterocycles. The van der Waals surface area contributed by atoms with Crippen molar-refractivity contribution in [3.8, 4) is 0 Å². The van der Waals surface area contributed by atoms with Crippen LogP contribution in [0.15, 0.2) is 23.1 Å².